The molecule has 0 aromatic rings. The molecule has 0 spiro atoms. The maximum absolute atomic E-state index is 4.88. The molecule has 0 unspecified atom stereocenters. The smallest absolute Gasteiger partial charge is 0.412 e. The van der Waals surface area contributed by atoms with Crippen LogP contribution in [0.5, 0.6) is 0 Å². The van der Waals surface area contributed by atoms with Crippen molar-refractivity contribution in [1.29, 1.82) is 0 Å². The standard InChI is InChI=1S/C6H10N2S4.2Na.6H2O/c9-5(10)7-1-2-8(4-3-7)6(11)12;;;;;;;;/h1-4H2,(H,9,10)(H,11,12);;;6*1H2/q;2*+1;;;;;;/p-2. The fraction of sp³-hybridized carbons (Fsp3) is 0.667. The second-order valence-electron chi connectivity index (χ2n) is 2.51. The molecule has 12 N–H and O–H groups in total. The summed E-state index contributed by atoms with van der Waals surface area (Å²) in [5.74, 6) is 0. The molecular weight excluding hydrogens is 370 g/mol. The largest absolute Gasteiger partial charge is 1.00 e. The van der Waals surface area contributed by atoms with Crippen LogP contribution < -0.4 is 59.1 Å². The molecule has 1 rings (SSSR count). The normalized spacial score (nSPS) is 10.6. The molecule has 1 heterocycles. The Balaban J connectivity index is -0.0000000300. The van der Waals surface area contributed by atoms with Crippen molar-refractivity contribution in [2.75, 3.05) is 26.2 Å². The maximum atomic E-state index is 4.88. The molecule has 1 aliphatic rings. The Morgan fingerprint density at radius 2 is 0.750 bits per heavy atom. The molecule has 0 amide bonds. The fourth-order valence-electron chi connectivity index (χ4n) is 1.07. The van der Waals surface area contributed by atoms with Crippen LogP contribution in [0.1, 0.15) is 0 Å². The van der Waals surface area contributed by atoms with Gasteiger partial charge in [-0.3, -0.25) is 0 Å². The Labute approximate surface area is 184 Å². The first kappa shape index (κ1) is 49.5. The van der Waals surface area contributed by atoms with E-state index in [0.29, 0.717) is 8.64 Å². The molecule has 14 heteroatoms. The van der Waals surface area contributed by atoms with Gasteiger partial charge in [-0.25, -0.2) is 0 Å². The average Bonchev–Trinajstić information content (AvgIpc) is 2.04. The van der Waals surface area contributed by atoms with Crippen molar-refractivity contribution in [3.63, 3.8) is 0 Å². The van der Waals surface area contributed by atoms with Crippen molar-refractivity contribution in [2.45, 2.75) is 0 Å². The van der Waals surface area contributed by atoms with E-state index in [9.17, 15) is 0 Å². The van der Waals surface area contributed by atoms with Gasteiger partial charge in [-0.2, -0.15) is 0 Å². The predicted octanol–water partition coefficient (Wildman–Crippen LogP) is -10.7. The summed E-state index contributed by atoms with van der Waals surface area (Å²) >= 11 is 19.5. The van der Waals surface area contributed by atoms with Crippen LogP contribution in [-0.2, 0) is 25.3 Å². The van der Waals surface area contributed by atoms with E-state index in [-0.39, 0.29) is 92.0 Å². The van der Waals surface area contributed by atoms with Crippen molar-refractivity contribution in [1.82, 2.24) is 9.80 Å². The Bertz CT molecular complexity index is 202. The van der Waals surface area contributed by atoms with E-state index in [2.05, 4.69) is 0 Å². The Kier molecular flexibility index (Phi) is 64.1. The summed E-state index contributed by atoms with van der Waals surface area (Å²) in [7, 11) is 0. The molecule has 0 aromatic heterocycles. The number of nitrogens with zero attached hydrogens (tertiary/aromatic N) is 2. The van der Waals surface area contributed by atoms with Gasteiger partial charge in [0.2, 0.25) is 0 Å². The summed E-state index contributed by atoms with van der Waals surface area (Å²) in [6.45, 7) is 3.39. The first-order valence-corrected chi connectivity index (χ1v) is 5.16. The van der Waals surface area contributed by atoms with Crippen LogP contribution in [0.2, 0.25) is 0 Å². The first-order chi connectivity index (χ1) is 5.61. The number of hydrogen-bond acceptors (Lipinski definition) is 4. The van der Waals surface area contributed by atoms with Crippen molar-refractivity contribution in [3.05, 3.63) is 0 Å². The Morgan fingerprint density at radius 1 is 0.600 bits per heavy atom. The summed E-state index contributed by atoms with van der Waals surface area (Å²) in [5, 5.41) is 0. The van der Waals surface area contributed by atoms with Gasteiger partial charge in [0.25, 0.3) is 0 Å². The van der Waals surface area contributed by atoms with Gasteiger partial charge in [0.15, 0.2) is 0 Å². The molecule has 0 aromatic carbocycles. The molecule has 1 saturated heterocycles. The summed E-state index contributed by atoms with van der Waals surface area (Å²) < 4.78 is 1.09. The summed E-state index contributed by atoms with van der Waals surface area (Å²) in [5.41, 5.74) is 0. The number of hydrogen-bond donors (Lipinski definition) is 0. The molecule has 0 radical (unpaired) electrons. The van der Waals surface area contributed by atoms with Crippen molar-refractivity contribution >= 4 is 58.3 Å². The van der Waals surface area contributed by atoms with E-state index in [1.807, 2.05) is 9.80 Å². The number of thiocarbonyl (C=S) groups is 2. The van der Waals surface area contributed by atoms with E-state index in [0.717, 1.165) is 26.2 Å². The summed E-state index contributed by atoms with van der Waals surface area (Å²) in [6.07, 6.45) is 0. The molecule has 116 valence electrons. The summed E-state index contributed by atoms with van der Waals surface area (Å²) in [4.78, 5) is 3.99. The quantitative estimate of drug-likeness (QED) is 0.223. The number of piperazine rings is 1. The monoisotopic (exact) mass is 390 g/mol. The zero-order valence-electron chi connectivity index (χ0n) is 11.4. The van der Waals surface area contributed by atoms with Crippen LogP contribution in [0.3, 0.4) is 0 Å². The van der Waals surface area contributed by atoms with Gasteiger partial charge < -0.3 is 92.4 Å². The van der Waals surface area contributed by atoms with Gasteiger partial charge in [-0.05, 0) is 0 Å². The molecule has 0 saturated carbocycles. The van der Waals surface area contributed by atoms with E-state index in [4.69, 9.17) is 49.7 Å². The Morgan fingerprint density at radius 3 is 0.850 bits per heavy atom. The second kappa shape index (κ2) is 25.9. The molecule has 1 aliphatic heterocycles. The molecule has 0 atom stereocenters. The third-order valence-electron chi connectivity index (χ3n) is 1.80. The van der Waals surface area contributed by atoms with Crippen molar-refractivity contribution in [2.24, 2.45) is 0 Å². The SMILES string of the molecule is O.O.O.O.O.O.S=C([S-])N1CCN(C(=S)[S-])CC1.[Na+].[Na+]. The van der Waals surface area contributed by atoms with Crippen molar-refractivity contribution in [3.8, 4) is 0 Å². The molecule has 1 fully saturated rings. The van der Waals surface area contributed by atoms with Crippen LogP contribution in [0.25, 0.3) is 0 Å². The third kappa shape index (κ3) is 18.0. The average molecular weight is 390 g/mol. The van der Waals surface area contributed by atoms with Gasteiger partial charge in [0, 0.05) is 26.2 Å². The van der Waals surface area contributed by atoms with Crippen LogP contribution in [-0.4, -0.2) is 77.5 Å². The van der Waals surface area contributed by atoms with Crippen LogP contribution >= 0.6 is 24.4 Å². The minimum atomic E-state index is 0. The molecule has 0 aliphatic carbocycles. The van der Waals surface area contributed by atoms with Crippen LogP contribution in [0.15, 0.2) is 0 Å². The van der Waals surface area contributed by atoms with Gasteiger partial charge in [0.1, 0.15) is 0 Å². The molecule has 0 bridgehead atoms. The first-order valence-electron chi connectivity index (χ1n) is 3.53. The van der Waals surface area contributed by atoms with Gasteiger partial charge >= 0.3 is 59.1 Å². The van der Waals surface area contributed by atoms with E-state index < -0.39 is 0 Å². The minimum absolute atomic E-state index is 0. The maximum Gasteiger partial charge on any atom is 1.00 e. The second-order valence-corrected chi connectivity index (χ2v) is 4.57. The van der Waals surface area contributed by atoms with Crippen molar-refractivity contribution < 1.29 is 92.0 Å². The van der Waals surface area contributed by atoms with E-state index >= 15 is 0 Å². The topological polar surface area (TPSA) is 195 Å². The molecular formula is C6H20N2Na2O6S4. The molecule has 20 heavy (non-hydrogen) atoms. The van der Waals surface area contributed by atoms with Crippen LogP contribution in [0, 0.1) is 0 Å². The summed E-state index contributed by atoms with van der Waals surface area (Å²) in [6, 6.07) is 0. The third-order valence-corrected chi connectivity index (χ3v) is 2.83. The minimum Gasteiger partial charge on any atom is -0.412 e. The predicted molar refractivity (Wildman–Crippen MR) is 84.8 cm³/mol. The zero-order chi connectivity index (χ0) is 9.14. The number of rotatable bonds is 0. The van der Waals surface area contributed by atoms with Gasteiger partial charge in [-0.1, -0.05) is 8.64 Å². The van der Waals surface area contributed by atoms with Gasteiger partial charge in [-0.15, -0.1) is 0 Å². The Hall–Kier alpha value is 1.98. The van der Waals surface area contributed by atoms with E-state index in [1.54, 1.807) is 0 Å². The zero-order valence-corrected chi connectivity index (χ0v) is 18.6. The van der Waals surface area contributed by atoms with Crippen LogP contribution in [0.4, 0.5) is 0 Å². The van der Waals surface area contributed by atoms with Gasteiger partial charge in [0.05, 0.1) is 0 Å². The van der Waals surface area contributed by atoms with E-state index in [1.165, 1.54) is 0 Å². The fourth-order valence-corrected chi connectivity index (χ4v) is 1.80. The molecule has 8 nitrogen and oxygen atoms in total.